The second kappa shape index (κ2) is 8.53. The zero-order chi connectivity index (χ0) is 23.1. The molecule has 1 atom stereocenters. The number of aromatic nitrogens is 3. The summed E-state index contributed by atoms with van der Waals surface area (Å²) in [7, 11) is 1.58. The van der Waals surface area contributed by atoms with Crippen LogP contribution in [0.15, 0.2) is 29.1 Å². The number of H-pyrrole nitrogens is 1. The standard InChI is InChI=1S/C23H25FN6O3/c1-13-22(31)28-21-16(26-13)4-3-14(20(21)24)9-29-7-8-30-15(10-29)11-33-12-18-19(30)6-5-17(27-18)23(32)25-2/h3-6,15H,7-12H2,1-2H3,(H,25,32)(H,28,31)/t15-/m0/s1. The largest absolute Gasteiger partial charge is 0.373 e. The maximum atomic E-state index is 15.2. The lowest BCUT2D eigenvalue weighted by atomic mass is 10.1. The topological polar surface area (TPSA) is 103 Å². The second-order valence-electron chi connectivity index (χ2n) is 8.42. The molecule has 2 aromatic heterocycles. The van der Waals surface area contributed by atoms with Crippen molar-refractivity contribution in [3.05, 3.63) is 63.1 Å². The third-order valence-corrected chi connectivity index (χ3v) is 6.28. The van der Waals surface area contributed by atoms with Crippen molar-refractivity contribution >= 4 is 22.6 Å². The lowest BCUT2D eigenvalue weighted by Gasteiger charge is -2.41. The fraction of sp³-hybridized carbons (Fsp3) is 0.391. The fourth-order valence-corrected chi connectivity index (χ4v) is 4.55. The number of carbonyl (C=O) groups is 1. The Kier molecular flexibility index (Phi) is 5.55. The minimum atomic E-state index is -0.437. The minimum Gasteiger partial charge on any atom is -0.373 e. The molecule has 2 aliphatic rings. The highest BCUT2D eigenvalue weighted by molar-refractivity contribution is 5.92. The van der Waals surface area contributed by atoms with Crippen molar-refractivity contribution in [2.24, 2.45) is 0 Å². The number of halogens is 1. The summed E-state index contributed by atoms with van der Waals surface area (Å²) in [6, 6.07) is 7.22. The molecule has 0 radical (unpaired) electrons. The van der Waals surface area contributed by atoms with Crippen LogP contribution in [-0.2, 0) is 17.9 Å². The van der Waals surface area contributed by atoms with E-state index >= 15 is 4.39 Å². The maximum Gasteiger partial charge on any atom is 0.269 e. The van der Waals surface area contributed by atoms with E-state index < -0.39 is 5.82 Å². The highest BCUT2D eigenvalue weighted by atomic mass is 19.1. The first kappa shape index (κ1) is 21.5. The van der Waals surface area contributed by atoms with Crippen molar-refractivity contribution in [2.45, 2.75) is 26.1 Å². The first-order chi connectivity index (χ1) is 15.9. The monoisotopic (exact) mass is 452 g/mol. The van der Waals surface area contributed by atoms with Crippen LogP contribution in [0, 0.1) is 12.7 Å². The van der Waals surface area contributed by atoms with Gasteiger partial charge in [0, 0.05) is 38.8 Å². The number of carbonyl (C=O) groups excluding carboxylic acids is 1. The average Bonchev–Trinajstić information content (AvgIpc) is 3.00. The summed E-state index contributed by atoms with van der Waals surface area (Å²) in [5.41, 5.74) is 3.13. The Morgan fingerprint density at radius 1 is 1.27 bits per heavy atom. The Balaban J connectivity index is 1.36. The van der Waals surface area contributed by atoms with Gasteiger partial charge in [-0.25, -0.2) is 14.4 Å². The van der Waals surface area contributed by atoms with E-state index in [0.717, 1.165) is 24.5 Å². The van der Waals surface area contributed by atoms with Gasteiger partial charge in [0.1, 0.15) is 16.9 Å². The Bertz CT molecular complexity index is 1290. The van der Waals surface area contributed by atoms with E-state index in [-0.39, 0.29) is 23.0 Å². The number of piperazine rings is 1. The van der Waals surface area contributed by atoms with E-state index in [4.69, 9.17) is 4.74 Å². The van der Waals surface area contributed by atoms with Crippen LogP contribution in [0.5, 0.6) is 0 Å². The summed E-state index contributed by atoms with van der Waals surface area (Å²) in [6.45, 7) is 5.03. The molecule has 1 fully saturated rings. The van der Waals surface area contributed by atoms with Gasteiger partial charge in [-0.15, -0.1) is 0 Å². The van der Waals surface area contributed by atoms with Crippen molar-refractivity contribution in [3.63, 3.8) is 0 Å². The minimum absolute atomic E-state index is 0.0836. The Hall–Kier alpha value is -3.37. The zero-order valence-corrected chi connectivity index (χ0v) is 18.5. The summed E-state index contributed by atoms with van der Waals surface area (Å²) < 4.78 is 21.0. The van der Waals surface area contributed by atoms with Crippen LogP contribution in [-0.4, -0.2) is 65.1 Å². The molecular weight excluding hydrogens is 427 g/mol. The van der Waals surface area contributed by atoms with Crippen molar-refractivity contribution in [2.75, 3.05) is 38.2 Å². The molecule has 2 N–H and O–H groups in total. The summed E-state index contributed by atoms with van der Waals surface area (Å²) in [5, 5.41) is 2.59. The molecule has 9 nitrogen and oxygen atoms in total. The van der Waals surface area contributed by atoms with Crippen LogP contribution in [0.4, 0.5) is 10.1 Å². The molecule has 1 aromatic carbocycles. The molecule has 5 rings (SSSR count). The Morgan fingerprint density at radius 2 is 2.12 bits per heavy atom. The first-order valence-electron chi connectivity index (χ1n) is 10.9. The molecule has 4 heterocycles. The molecule has 1 saturated heterocycles. The number of aromatic amines is 1. The molecule has 2 aliphatic heterocycles. The van der Waals surface area contributed by atoms with Crippen LogP contribution in [0.3, 0.4) is 0 Å². The number of hydrogen-bond donors (Lipinski definition) is 2. The lowest BCUT2D eigenvalue weighted by molar-refractivity contribution is 0.0874. The number of amides is 1. The average molecular weight is 452 g/mol. The van der Waals surface area contributed by atoms with Crippen molar-refractivity contribution in [3.8, 4) is 0 Å². The van der Waals surface area contributed by atoms with Gasteiger partial charge in [0.05, 0.1) is 36.2 Å². The van der Waals surface area contributed by atoms with Gasteiger partial charge in [-0.3, -0.25) is 14.5 Å². The molecular formula is C23H25FN6O3. The van der Waals surface area contributed by atoms with Crippen molar-refractivity contribution in [1.82, 2.24) is 25.2 Å². The number of pyridine rings is 1. The molecule has 0 spiro atoms. The number of fused-ring (bicyclic) bond motifs is 4. The second-order valence-corrected chi connectivity index (χ2v) is 8.42. The van der Waals surface area contributed by atoms with Gasteiger partial charge in [0.2, 0.25) is 0 Å². The van der Waals surface area contributed by atoms with Crippen LogP contribution < -0.4 is 15.8 Å². The fourth-order valence-electron chi connectivity index (χ4n) is 4.55. The molecule has 3 aromatic rings. The quantitative estimate of drug-likeness (QED) is 0.618. The van der Waals surface area contributed by atoms with Crippen LogP contribution in [0.25, 0.3) is 11.0 Å². The molecule has 1 amide bonds. The summed E-state index contributed by atoms with van der Waals surface area (Å²) in [4.78, 5) is 39.6. The normalized spacial score (nSPS) is 18.5. The smallest absolute Gasteiger partial charge is 0.269 e. The molecule has 10 heteroatoms. The zero-order valence-electron chi connectivity index (χ0n) is 18.5. The predicted octanol–water partition coefficient (Wildman–Crippen LogP) is 1.35. The van der Waals surface area contributed by atoms with Crippen LogP contribution in [0.1, 0.15) is 27.4 Å². The van der Waals surface area contributed by atoms with E-state index in [1.165, 1.54) is 0 Å². The van der Waals surface area contributed by atoms with E-state index in [9.17, 15) is 9.59 Å². The summed E-state index contributed by atoms with van der Waals surface area (Å²) in [6.07, 6.45) is 0. The highest BCUT2D eigenvalue weighted by Gasteiger charge is 2.32. The van der Waals surface area contributed by atoms with Crippen LogP contribution >= 0.6 is 0 Å². The SMILES string of the molecule is CNC(=O)c1ccc2c(n1)COC[C@@H]1CN(Cc3ccc4nc(C)c(=O)[nH]c4c3F)CCN21. The molecule has 0 saturated carbocycles. The highest BCUT2D eigenvalue weighted by Crippen LogP contribution is 2.29. The third kappa shape index (κ3) is 3.96. The van der Waals surface area contributed by atoms with E-state index in [2.05, 4.69) is 30.1 Å². The van der Waals surface area contributed by atoms with E-state index in [1.807, 2.05) is 6.07 Å². The number of aryl methyl sites for hydroxylation is 1. The Labute approximate surface area is 189 Å². The van der Waals surface area contributed by atoms with E-state index in [0.29, 0.717) is 48.8 Å². The van der Waals surface area contributed by atoms with Gasteiger partial charge in [0.25, 0.3) is 11.5 Å². The van der Waals surface area contributed by atoms with Gasteiger partial charge < -0.3 is 19.9 Å². The van der Waals surface area contributed by atoms with Gasteiger partial charge >= 0.3 is 0 Å². The number of benzene rings is 1. The van der Waals surface area contributed by atoms with Crippen molar-refractivity contribution < 1.29 is 13.9 Å². The number of nitrogens with one attached hydrogen (secondary N) is 2. The first-order valence-corrected chi connectivity index (χ1v) is 10.9. The maximum absolute atomic E-state index is 15.2. The number of ether oxygens (including phenoxy) is 1. The lowest BCUT2D eigenvalue weighted by Crippen LogP contribution is -2.54. The predicted molar refractivity (Wildman–Crippen MR) is 121 cm³/mol. The number of rotatable bonds is 3. The Morgan fingerprint density at radius 3 is 2.94 bits per heavy atom. The summed E-state index contributed by atoms with van der Waals surface area (Å²) in [5.74, 6) is -0.666. The van der Waals surface area contributed by atoms with Gasteiger partial charge in [-0.05, 0) is 25.1 Å². The van der Waals surface area contributed by atoms with Gasteiger partial charge in [0.15, 0.2) is 5.82 Å². The molecule has 0 aliphatic carbocycles. The van der Waals surface area contributed by atoms with Crippen molar-refractivity contribution in [1.29, 1.82) is 0 Å². The molecule has 0 unspecified atom stereocenters. The molecule has 0 bridgehead atoms. The molecule has 33 heavy (non-hydrogen) atoms. The summed E-state index contributed by atoms with van der Waals surface area (Å²) >= 11 is 0. The number of nitrogens with zero attached hydrogens (tertiary/aromatic N) is 4. The number of anilines is 1. The third-order valence-electron chi connectivity index (χ3n) is 6.28. The number of hydrogen-bond acceptors (Lipinski definition) is 7. The van der Waals surface area contributed by atoms with Crippen LogP contribution in [0.2, 0.25) is 0 Å². The molecule has 172 valence electrons. The van der Waals surface area contributed by atoms with Gasteiger partial charge in [-0.2, -0.15) is 0 Å². The van der Waals surface area contributed by atoms with Gasteiger partial charge in [-0.1, -0.05) is 6.07 Å². The van der Waals surface area contributed by atoms with E-state index in [1.54, 1.807) is 32.2 Å².